The normalized spacial score (nSPS) is 28.9. The molecular weight excluding hydrogens is 304 g/mol. The lowest BCUT2D eigenvalue weighted by atomic mass is 10.1. The van der Waals surface area contributed by atoms with E-state index < -0.39 is 0 Å². The number of amides is 1. The molecule has 6 heteroatoms. The molecule has 1 aromatic rings. The predicted octanol–water partition coefficient (Wildman–Crippen LogP) is 1.47. The molecule has 1 amide bonds. The number of pyridine rings is 1. The maximum absolute atomic E-state index is 12.7. The Morgan fingerprint density at radius 2 is 1.83 bits per heavy atom. The third-order valence-corrected chi connectivity index (χ3v) is 4.83. The molecule has 6 nitrogen and oxygen atoms in total. The summed E-state index contributed by atoms with van der Waals surface area (Å²) in [6, 6.07) is 4.09. The van der Waals surface area contributed by atoms with Crippen LogP contribution in [-0.2, 0) is 4.74 Å². The van der Waals surface area contributed by atoms with Crippen molar-refractivity contribution in [3.63, 3.8) is 0 Å². The lowest BCUT2D eigenvalue weighted by Gasteiger charge is -2.38. The second-order valence-electron chi connectivity index (χ2n) is 7.18. The molecule has 0 N–H and O–H groups in total. The summed E-state index contributed by atoms with van der Waals surface area (Å²) >= 11 is 0. The molecule has 0 aromatic carbocycles. The Balaban J connectivity index is 1.69. The Morgan fingerprint density at radius 1 is 1.12 bits per heavy atom. The van der Waals surface area contributed by atoms with Gasteiger partial charge in [0.05, 0.1) is 17.8 Å². The Labute approximate surface area is 144 Å². The van der Waals surface area contributed by atoms with Gasteiger partial charge in [-0.2, -0.15) is 0 Å². The van der Waals surface area contributed by atoms with Crippen molar-refractivity contribution in [1.82, 2.24) is 14.8 Å². The van der Waals surface area contributed by atoms with Crippen molar-refractivity contribution in [2.45, 2.75) is 39.0 Å². The van der Waals surface area contributed by atoms with Gasteiger partial charge in [-0.15, -0.1) is 0 Å². The molecule has 3 rings (SSSR count). The predicted molar refractivity (Wildman–Crippen MR) is 94.5 cm³/mol. The number of hydrogen-bond donors (Lipinski definition) is 0. The highest BCUT2D eigenvalue weighted by Crippen LogP contribution is 2.19. The number of carbonyl (C=O) groups excluding carboxylic acids is 1. The first-order valence-electron chi connectivity index (χ1n) is 8.80. The first kappa shape index (κ1) is 17.2. The van der Waals surface area contributed by atoms with Crippen LogP contribution in [0, 0.1) is 0 Å². The van der Waals surface area contributed by atoms with Gasteiger partial charge in [0, 0.05) is 45.0 Å². The third kappa shape index (κ3) is 3.70. The molecule has 2 aliphatic heterocycles. The van der Waals surface area contributed by atoms with Gasteiger partial charge in [-0.3, -0.25) is 4.79 Å². The van der Waals surface area contributed by atoms with Crippen molar-refractivity contribution < 1.29 is 9.53 Å². The second-order valence-corrected chi connectivity index (χ2v) is 7.18. The van der Waals surface area contributed by atoms with Gasteiger partial charge >= 0.3 is 0 Å². The average molecular weight is 332 g/mol. The van der Waals surface area contributed by atoms with Crippen LogP contribution in [0.2, 0.25) is 0 Å². The molecule has 24 heavy (non-hydrogen) atoms. The number of piperazine rings is 1. The molecule has 3 heterocycles. The van der Waals surface area contributed by atoms with Gasteiger partial charge in [-0.1, -0.05) is 0 Å². The molecule has 2 saturated heterocycles. The fraction of sp³-hybridized carbons (Fsp3) is 0.667. The van der Waals surface area contributed by atoms with Crippen LogP contribution in [0.1, 0.15) is 31.1 Å². The van der Waals surface area contributed by atoms with Crippen molar-refractivity contribution >= 4 is 11.7 Å². The van der Waals surface area contributed by atoms with E-state index >= 15 is 0 Å². The quantitative estimate of drug-likeness (QED) is 0.821. The van der Waals surface area contributed by atoms with Crippen LogP contribution in [0.5, 0.6) is 0 Å². The van der Waals surface area contributed by atoms with E-state index in [1.165, 1.54) is 0 Å². The molecule has 0 radical (unpaired) electrons. The minimum atomic E-state index is 0.0818. The average Bonchev–Trinajstić information content (AvgIpc) is 2.53. The second kappa shape index (κ2) is 7.07. The zero-order valence-corrected chi connectivity index (χ0v) is 15.1. The number of ether oxygens (including phenoxy) is 1. The first-order valence-corrected chi connectivity index (χ1v) is 8.80. The van der Waals surface area contributed by atoms with Gasteiger partial charge in [0.15, 0.2) is 0 Å². The third-order valence-electron chi connectivity index (χ3n) is 4.83. The molecule has 0 saturated carbocycles. The van der Waals surface area contributed by atoms with E-state index in [2.05, 4.69) is 42.6 Å². The number of morpholine rings is 1. The SMILES string of the molecule is C[C@@H]1CN(c2ccc(C(=O)N3CCN(C)C[C@@H]3C)cn2)C[C@@H](C)O1. The lowest BCUT2D eigenvalue weighted by molar-refractivity contribution is -0.00546. The first-order chi connectivity index (χ1) is 11.4. The van der Waals surface area contributed by atoms with Crippen LogP contribution in [-0.4, -0.2) is 78.7 Å². The molecule has 1 aromatic heterocycles. The van der Waals surface area contributed by atoms with Gasteiger partial charge in [-0.05, 0) is 40.0 Å². The topological polar surface area (TPSA) is 48.9 Å². The van der Waals surface area contributed by atoms with E-state index in [4.69, 9.17) is 4.74 Å². The number of likely N-dealkylation sites (N-methyl/N-ethyl adjacent to an activating group) is 1. The number of hydrogen-bond acceptors (Lipinski definition) is 5. The highest BCUT2D eigenvalue weighted by atomic mass is 16.5. The number of anilines is 1. The van der Waals surface area contributed by atoms with Gasteiger partial charge in [0.25, 0.3) is 5.91 Å². The summed E-state index contributed by atoms with van der Waals surface area (Å²) in [5, 5.41) is 0. The van der Waals surface area contributed by atoms with E-state index in [0.29, 0.717) is 5.56 Å². The summed E-state index contributed by atoms with van der Waals surface area (Å²) in [4.78, 5) is 23.7. The van der Waals surface area contributed by atoms with E-state index in [1.807, 2.05) is 17.0 Å². The standard InChI is InChI=1S/C18H28N4O2/c1-13-10-20(4)7-8-22(13)18(23)16-5-6-17(19-9-16)21-11-14(2)24-15(3)12-21/h5-6,9,13-15H,7-8,10-12H2,1-4H3/t13-,14+,15+/m0/s1. The number of carbonyl (C=O) groups is 1. The Hall–Kier alpha value is -1.66. The summed E-state index contributed by atoms with van der Waals surface area (Å²) in [5.74, 6) is 0.998. The fourth-order valence-corrected chi connectivity index (χ4v) is 3.67. The molecule has 3 atom stereocenters. The van der Waals surface area contributed by atoms with Gasteiger partial charge in [0.2, 0.25) is 0 Å². The van der Waals surface area contributed by atoms with Crippen LogP contribution in [0.3, 0.4) is 0 Å². The van der Waals surface area contributed by atoms with Crippen LogP contribution in [0.15, 0.2) is 18.3 Å². The van der Waals surface area contributed by atoms with Crippen molar-refractivity contribution in [1.29, 1.82) is 0 Å². The molecule has 0 bridgehead atoms. The van der Waals surface area contributed by atoms with Crippen LogP contribution < -0.4 is 4.90 Å². The van der Waals surface area contributed by atoms with E-state index in [9.17, 15) is 4.79 Å². The number of rotatable bonds is 2. The summed E-state index contributed by atoms with van der Waals surface area (Å²) < 4.78 is 5.77. The Morgan fingerprint density at radius 3 is 2.42 bits per heavy atom. The van der Waals surface area contributed by atoms with Crippen molar-refractivity contribution in [2.75, 3.05) is 44.7 Å². The maximum atomic E-state index is 12.7. The lowest BCUT2D eigenvalue weighted by Crippen LogP contribution is -2.52. The van der Waals surface area contributed by atoms with Crippen molar-refractivity contribution in [3.8, 4) is 0 Å². The largest absolute Gasteiger partial charge is 0.372 e. The zero-order chi connectivity index (χ0) is 17.3. The van der Waals surface area contributed by atoms with E-state index in [-0.39, 0.29) is 24.2 Å². The minimum Gasteiger partial charge on any atom is -0.372 e. The summed E-state index contributed by atoms with van der Waals surface area (Å²) in [6.45, 7) is 10.5. The molecule has 2 fully saturated rings. The number of aromatic nitrogens is 1. The highest BCUT2D eigenvalue weighted by molar-refractivity contribution is 5.94. The van der Waals surface area contributed by atoms with Crippen LogP contribution >= 0.6 is 0 Å². The van der Waals surface area contributed by atoms with Gasteiger partial charge in [-0.25, -0.2) is 4.98 Å². The maximum Gasteiger partial charge on any atom is 0.255 e. The summed E-state index contributed by atoms with van der Waals surface area (Å²) in [7, 11) is 2.10. The van der Waals surface area contributed by atoms with E-state index in [0.717, 1.165) is 38.5 Å². The smallest absolute Gasteiger partial charge is 0.255 e. The molecule has 0 spiro atoms. The number of nitrogens with zero attached hydrogens (tertiary/aromatic N) is 4. The molecule has 0 unspecified atom stereocenters. The van der Waals surface area contributed by atoms with E-state index in [1.54, 1.807) is 6.20 Å². The minimum absolute atomic E-state index is 0.0818. The zero-order valence-electron chi connectivity index (χ0n) is 15.1. The Kier molecular flexibility index (Phi) is 5.06. The van der Waals surface area contributed by atoms with Crippen LogP contribution in [0.4, 0.5) is 5.82 Å². The van der Waals surface area contributed by atoms with Gasteiger partial charge < -0.3 is 19.4 Å². The van der Waals surface area contributed by atoms with Crippen molar-refractivity contribution in [2.24, 2.45) is 0 Å². The molecular formula is C18H28N4O2. The molecule has 132 valence electrons. The van der Waals surface area contributed by atoms with Gasteiger partial charge in [0.1, 0.15) is 5.82 Å². The fourth-order valence-electron chi connectivity index (χ4n) is 3.67. The van der Waals surface area contributed by atoms with Crippen molar-refractivity contribution in [3.05, 3.63) is 23.9 Å². The molecule has 0 aliphatic carbocycles. The molecule has 2 aliphatic rings. The van der Waals surface area contributed by atoms with Crippen LogP contribution in [0.25, 0.3) is 0 Å². The Bertz CT molecular complexity index is 567. The highest BCUT2D eigenvalue weighted by Gasteiger charge is 2.27. The summed E-state index contributed by atoms with van der Waals surface area (Å²) in [5.41, 5.74) is 0.671. The summed E-state index contributed by atoms with van der Waals surface area (Å²) in [6.07, 6.45) is 2.11. The monoisotopic (exact) mass is 332 g/mol.